The fraction of sp³-hybridized carbons (Fsp3) is 0.579. The first kappa shape index (κ1) is 15.8. The molecule has 5 heteroatoms. The first-order valence-electron chi connectivity index (χ1n) is 9.07. The van der Waals surface area contributed by atoms with Crippen LogP contribution in [0.25, 0.3) is 0 Å². The molecule has 1 saturated carbocycles. The maximum Gasteiger partial charge on any atom is 0.0801 e. The molecule has 24 heavy (non-hydrogen) atoms. The third-order valence-electron chi connectivity index (χ3n) is 4.96. The van der Waals surface area contributed by atoms with Crippen molar-refractivity contribution in [2.75, 3.05) is 19.8 Å². The van der Waals surface area contributed by atoms with Crippen LogP contribution < -0.4 is 0 Å². The second-order valence-electron chi connectivity index (χ2n) is 7.08. The SMILES string of the molecule is CCOC[C@@H]1CN(Cc2cccnc2)Cc2nn(CC3CC3)cc21. The van der Waals surface area contributed by atoms with E-state index >= 15 is 0 Å². The quantitative estimate of drug-likeness (QED) is 0.785. The zero-order valence-electron chi connectivity index (χ0n) is 14.4. The Morgan fingerprint density at radius 1 is 1.33 bits per heavy atom. The molecule has 0 bridgehead atoms. The number of hydrogen-bond donors (Lipinski definition) is 0. The molecule has 2 aromatic heterocycles. The highest BCUT2D eigenvalue weighted by molar-refractivity contribution is 5.26. The highest BCUT2D eigenvalue weighted by Gasteiger charge is 2.30. The molecule has 0 saturated heterocycles. The molecule has 0 spiro atoms. The lowest BCUT2D eigenvalue weighted by molar-refractivity contribution is 0.105. The minimum absolute atomic E-state index is 0.415. The van der Waals surface area contributed by atoms with Gasteiger partial charge in [0.25, 0.3) is 0 Å². The third-order valence-corrected chi connectivity index (χ3v) is 4.96. The predicted molar refractivity (Wildman–Crippen MR) is 92.5 cm³/mol. The van der Waals surface area contributed by atoms with E-state index in [1.165, 1.54) is 29.7 Å². The lowest BCUT2D eigenvalue weighted by Crippen LogP contribution is -2.34. The Morgan fingerprint density at radius 3 is 3.00 bits per heavy atom. The standard InChI is InChI=1S/C19H26N4O/c1-2-24-14-17-11-22(9-16-4-3-7-20-8-16)13-19-18(17)12-23(21-19)10-15-5-6-15/h3-4,7-8,12,15,17H,2,5-6,9-11,13-14H2,1H3/t17-/m0/s1. The van der Waals surface area contributed by atoms with Crippen LogP contribution in [-0.2, 0) is 24.4 Å². The Labute approximate surface area is 143 Å². The van der Waals surface area contributed by atoms with Gasteiger partial charge in [-0.15, -0.1) is 0 Å². The molecule has 4 rings (SSSR count). The van der Waals surface area contributed by atoms with Crippen molar-refractivity contribution >= 4 is 0 Å². The average molecular weight is 326 g/mol. The van der Waals surface area contributed by atoms with Gasteiger partial charge in [-0.05, 0) is 37.3 Å². The molecular weight excluding hydrogens is 300 g/mol. The maximum atomic E-state index is 5.76. The van der Waals surface area contributed by atoms with Crippen molar-refractivity contribution in [2.45, 2.75) is 45.3 Å². The molecule has 2 aromatic rings. The van der Waals surface area contributed by atoms with Gasteiger partial charge >= 0.3 is 0 Å². The van der Waals surface area contributed by atoms with E-state index in [9.17, 15) is 0 Å². The molecule has 2 aliphatic rings. The smallest absolute Gasteiger partial charge is 0.0801 e. The van der Waals surface area contributed by atoms with E-state index in [0.29, 0.717) is 5.92 Å². The summed E-state index contributed by atoms with van der Waals surface area (Å²) in [5.41, 5.74) is 3.88. The summed E-state index contributed by atoms with van der Waals surface area (Å²) in [4.78, 5) is 6.71. The van der Waals surface area contributed by atoms with Crippen LogP contribution in [-0.4, -0.2) is 39.4 Å². The molecule has 128 valence electrons. The number of rotatable bonds is 7. The van der Waals surface area contributed by atoms with Crippen LogP contribution in [0.2, 0.25) is 0 Å². The van der Waals surface area contributed by atoms with E-state index in [0.717, 1.165) is 45.3 Å². The Kier molecular flexibility index (Phi) is 4.63. The minimum Gasteiger partial charge on any atom is -0.381 e. The molecule has 1 aliphatic heterocycles. The van der Waals surface area contributed by atoms with Crippen LogP contribution in [0.1, 0.15) is 42.5 Å². The van der Waals surface area contributed by atoms with Crippen LogP contribution >= 0.6 is 0 Å². The molecule has 0 N–H and O–H groups in total. The van der Waals surface area contributed by atoms with Crippen molar-refractivity contribution in [3.05, 3.63) is 47.5 Å². The van der Waals surface area contributed by atoms with E-state index in [2.05, 4.69) is 33.8 Å². The lowest BCUT2D eigenvalue weighted by Gasteiger charge is -2.31. The second-order valence-corrected chi connectivity index (χ2v) is 7.08. The number of pyridine rings is 1. The van der Waals surface area contributed by atoms with Crippen LogP contribution in [0.3, 0.4) is 0 Å². The number of nitrogens with zero attached hydrogens (tertiary/aromatic N) is 4. The van der Waals surface area contributed by atoms with Gasteiger partial charge in [-0.3, -0.25) is 14.6 Å². The Bertz CT molecular complexity index is 665. The van der Waals surface area contributed by atoms with Crippen LogP contribution in [0.15, 0.2) is 30.7 Å². The van der Waals surface area contributed by atoms with Crippen molar-refractivity contribution < 1.29 is 4.74 Å². The Morgan fingerprint density at radius 2 is 2.25 bits per heavy atom. The first-order valence-corrected chi connectivity index (χ1v) is 9.07. The third kappa shape index (κ3) is 3.68. The van der Waals surface area contributed by atoms with Crippen LogP contribution in [0.4, 0.5) is 0 Å². The van der Waals surface area contributed by atoms with Crippen molar-refractivity contribution in [3.63, 3.8) is 0 Å². The zero-order chi connectivity index (χ0) is 16.4. The summed E-state index contributed by atoms with van der Waals surface area (Å²) in [6.07, 6.45) is 8.78. The highest BCUT2D eigenvalue weighted by Crippen LogP contribution is 2.33. The fourth-order valence-corrected chi connectivity index (χ4v) is 3.56. The number of hydrogen-bond acceptors (Lipinski definition) is 4. The molecule has 0 unspecified atom stereocenters. The highest BCUT2D eigenvalue weighted by atomic mass is 16.5. The van der Waals surface area contributed by atoms with E-state index in [4.69, 9.17) is 9.84 Å². The molecule has 1 fully saturated rings. The maximum absolute atomic E-state index is 5.76. The molecule has 0 radical (unpaired) electrons. The van der Waals surface area contributed by atoms with Crippen LogP contribution in [0.5, 0.6) is 0 Å². The van der Waals surface area contributed by atoms with E-state index in [1.807, 2.05) is 18.5 Å². The number of fused-ring (bicyclic) bond motifs is 1. The summed E-state index contributed by atoms with van der Waals surface area (Å²) >= 11 is 0. The molecule has 3 heterocycles. The summed E-state index contributed by atoms with van der Waals surface area (Å²) in [7, 11) is 0. The van der Waals surface area contributed by atoms with Gasteiger partial charge in [-0.25, -0.2) is 0 Å². The normalized spacial score (nSPS) is 21.0. The lowest BCUT2D eigenvalue weighted by atomic mass is 9.95. The van der Waals surface area contributed by atoms with E-state index < -0.39 is 0 Å². The molecule has 1 aliphatic carbocycles. The summed E-state index contributed by atoms with van der Waals surface area (Å²) < 4.78 is 7.93. The summed E-state index contributed by atoms with van der Waals surface area (Å²) in [6, 6.07) is 4.15. The van der Waals surface area contributed by atoms with E-state index in [-0.39, 0.29) is 0 Å². The van der Waals surface area contributed by atoms with Crippen molar-refractivity contribution in [2.24, 2.45) is 5.92 Å². The molecular formula is C19H26N4O. The molecule has 1 atom stereocenters. The summed E-state index contributed by atoms with van der Waals surface area (Å²) in [5.74, 6) is 1.27. The minimum atomic E-state index is 0.415. The van der Waals surface area contributed by atoms with Gasteiger partial charge in [0.1, 0.15) is 0 Å². The topological polar surface area (TPSA) is 43.2 Å². The Balaban J connectivity index is 1.51. The predicted octanol–water partition coefficient (Wildman–Crippen LogP) is 2.82. The Hall–Kier alpha value is -1.72. The van der Waals surface area contributed by atoms with Crippen LogP contribution in [0, 0.1) is 5.92 Å². The monoisotopic (exact) mass is 326 g/mol. The largest absolute Gasteiger partial charge is 0.381 e. The summed E-state index contributed by atoms with van der Waals surface area (Å²) in [6.45, 7) is 7.56. The van der Waals surface area contributed by atoms with Gasteiger partial charge in [0.2, 0.25) is 0 Å². The number of ether oxygens (including phenoxy) is 1. The van der Waals surface area contributed by atoms with E-state index in [1.54, 1.807) is 0 Å². The van der Waals surface area contributed by atoms with Gasteiger partial charge in [0.05, 0.1) is 12.3 Å². The number of aromatic nitrogens is 3. The first-order chi connectivity index (χ1) is 11.8. The molecule has 0 aromatic carbocycles. The van der Waals surface area contributed by atoms with Gasteiger partial charge < -0.3 is 4.74 Å². The van der Waals surface area contributed by atoms with Gasteiger partial charge in [0, 0.05) is 62.9 Å². The molecule has 0 amide bonds. The van der Waals surface area contributed by atoms with Gasteiger partial charge in [-0.2, -0.15) is 5.10 Å². The van der Waals surface area contributed by atoms with Crippen molar-refractivity contribution in [1.29, 1.82) is 0 Å². The fourth-order valence-electron chi connectivity index (χ4n) is 3.56. The molecule has 5 nitrogen and oxygen atoms in total. The second kappa shape index (κ2) is 7.03. The zero-order valence-corrected chi connectivity index (χ0v) is 14.4. The van der Waals surface area contributed by atoms with Crippen molar-refractivity contribution in [3.8, 4) is 0 Å². The van der Waals surface area contributed by atoms with Gasteiger partial charge in [-0.1, -0.05) is 6.07 Å². The van der Waals surface area contributed by atoms with Gasteiger partial charge in [0.15, 0.2) is 0 Å². The van der Waals surface area contributed by atoms with Crippen molar-refractivity contribution in [1.82, 2.24) is 19.7 Å². The average Bonchev–Trinajstić information content (AvgIpc) is 3.31. The summed E-state index contributed by atoms with van der Waals surface area (Å²) in [5, 5.41) is 4.88.